The molecule has 0 amide bonds. The number of anilines is 1. The zero-order valence-electron chi connectivity index (χ0n) is 9.23. The minimum atomic E-state index is -4.19. The van der Waals surface area contributed by atoms with Gasteiger partial charge in [-0.05, 0) is 13.3 Å². The van der Waals surface area contributed by atoms with Crippen LogP contribution in [0, 0.1) is 6.92 Å². The lowest BCUT2D eigenvalue weighted by Crippen LogP contribution is -2.12. The van der Waals surface area contributed by atoms with Crippen molar-refractivity contribution in [2.75, 3.05) is 5.73 Å². The molecule has 0 aliphatic carbocycles. The van der Waals surface area contributed by atoms with E-state index in [0.29, 0.717) is 12.1 Å². The van der Waals surface area contributed by atoms with E-state index in [1.165, 1.54) is 0 Å². The molecule has 1 aromatic rings. The van der Waals surface area contributed by atoms with Crippen LogP contribution in [0.15, 0.2) is 0 Å². The predicted octanol–water partition coefficient (Wildman–Crippen LogP) is 2.42. The van der Waals surface area contributed by atoms with Crippen LogP contribution in [0.3, 0.4) is 0 Å². The van der Waals surface area contributed by atoms with Gasteiger partial charge < -0.3 is 5.73 Å². The molecule has 90 valence electrons. The maximum absolute atomic E-state index is 12.0. The Morgan fingerprint density at radius 2 is 1.88 bits per heavy atom. The first kappa shape index (κ1) is 12.7. The fourth-order valence-electron chi connectivity index (χ4n) is 1.48. The predicted molar refractivity (Wildman–Crippen MR) is 54.9 cm³/mol. The highest BCUT2D eigenvalue weighted by molar-refractivity contribution is 5.41. The third-order valence-electron chi connectivity index (χ3n) is 2.28. The third-order valence-corrected chi connectivity index (χ3v) is 2.28. The number of alkyl halides is 3. The molecule has 1 aromatic heterocycles. The largest absolute Gasteiger partial charge is 0.389 e. The van der Waals surface area contributed by atoms with Crippen LogP contribution in [-0.2, 0) is 12.8 Å². The molecule has 16 heavy (non-hydrogen) atoms. The molecule has 0 aliphatic rings. The second kappa shape index (κ2) is 4.67. The molecule has 0 bridgehead atoms. The highest BCUT2D eigenvalue weighted by Crippen LogP contribution is 2.22. The highest BCUT2D eigenvalue weighted by Gasteiger charge is 2.27. The summed E-state index contributed by atoms with van der Waals surface area (Å²) in [5.41, 5.74) is 7.10. The molecule has 0 aliphatic heterocycles. The Labute approximate surface area is 91.9 Å². The summed E-state index contributed by atoms with van der Waals surface area (Å²) in [6.07, 6.45) is -4.65. The maximum atomic E-state index is 12.0. The molecule has 0 saturated heterocycles. The van der Waals surface area contributed by atoms with E-state index in [4.69, 9.17) is 5.73 Å². The molecular formula is C10H14F3N3. The Morgan fingerprint density at radius 3 is 2.31 bits per heavy atom. The maximum Gasteiger partial charge on any atom is 0.389 e. The summed E-state index contributed by atoms with van der Waals surface area (Å²) in [5.74, 6) is 0.441. The van der Waals surface area contributed by atoms with E-state index in [0.717, 1.165) is 5.56 Å². The number of aryl methyl sites for hydroxylation is 2. The molecule has 0 saturated carbocycles. The van der Waals surface area contributed by atoms with Crippen molar-refractivity contribution < 1.29 is 13.2 Å². The molecule has 2 N–H and O–H groups in total. The van der Waals surface area contributed by atoms with Crippen molar-refractivity contribution in [2.45, 2.75) is 39.3 Å². The van der Waals surface area contributed by atoms with Crippen LogP contribution < -0.4 is 5.73 Å². The van der Waals surface area contributed by atoms with E-state index in [1.807, 2.05) is 6.92 Å². The lowest BCUT2D eigenvalue weighted by molar-refractivity contribution is -0.134. The molecule has 0 aromatic carbocycles. The summed E-state index contributed by atoms with van der Waals surface area (Å²) in [6, 6.07) is 0. The molecule has 0 radical (unpaired) electrons. The normalized spacial score (nSPS) is 11.8. The van der Waals surface area contributed by atoms with Crippen molar-refractivity contribution in [3.8, 4) is 0 Å². The fourth-order valence-corrected chi connectivity index (χ4v) is 1.48. The van der Waals surface area contributed by atoms with Gasteiger partial charge in [-0.1, -0.05) is 6.92 Å². The van der Waals surface area contributed by atoms with Crippen LogP contribution in [0.1, 0.15) is 30.4 Å². The summed E-state index contributed by atoms with van der Waals surface area (Å²) in [4.78, 5) is 7.89. The number of halogens is 3. The van der Waals surface area contributed by atoms with Crippen LogP contribution in [0.25, 0.3) is 0 Å². The molecule has 1 rings (SSSR count). The molecule has 1 heterocycles. The number of nitrogen functional groups attached to an aromatic ring is 1. The van der Waals surface area contributed by atoms with Crippen LogP contribution >= 0.6 is 0 Å². The van der Waals surface area contributed by atoms with E-state index in [9.17, 15) is 13.2 Å². The Bertz CT molecular complexity index is 351. The van der Waals surface area contributed by atoms with Crippen molar-refractivity contribution in [3.05, 3.63) is 17.1 Å². The van der Waals surface area contributed by atoms with Gasteiger partial charge in [0.2, 0.25) is 0 Å². The van der Waals surface area contributed by atoms with Gasteiger partial charge in [-0.15, -0.1) is 0 Å². The second-order valence-corrected chi connectivity index (χ2v) is 3.56. The Balaban J connectivity index is 2.84. The first-order valence-corrected chi connectivity index (χ1v) is 5.02. The van der Waals surface area contributed by atoms with E-state index in [1.54, 1.807) is 6.92 Å². The molecular weight excluding hydrogens is 219 g/mol. The van der Waals surface area contributed by atoms with Crippen LogP contribution in [0.2, 0.25) is 0 Å². The smallest absolute Gasteiger partial charge is 0.383 e. The molecule has 3 nitrogen and oxygen atoms in total. The lowest BCUT2D eigenvalue weighted by atomic mass is 10.1. The van der Waals surface area contributed by atoms with Gasteiger partial charge in [0.25, 0.3) is 0 Å². The minimum absolute atomic E-state index is 0.157. The van der Waals surface area contributed by atoms with E-state index in [-0.39, 0.29) is 18.1 Å². The van der Waals surface area contributed by atoms with E-state index >= 15 is 0 Å². The number of hydrogen-bond acceptors (Lipinski definition) is 3. The monoisotopic (exact) mass is 233 g/mol. The van der Waals surface area contributed by atoms with Gasteiger partial charge in [0.15, 0.2) is 0 Å². The number of nitrogens with two attached hydrogens (primary N) is 1. The first-order valence-electron chi connectivity index (χ1n) is 5.02. The topological polar surface area (TPSA) is 51.8 Å². The van der Waals surface area contributed by atoms with E-state index in [2.05, 4.69) is 9.97 Å². The fraction of sp³-hybridized carbons (Fsp3) is 0.600. The van der Waals surface area contributed by atoms with Crippen molar-refractivity contribution in [1.29, 1.82) is 0 Å². The van der Waals surface area contributed by atoms with E-state index < -0.39 is 12.6 Å². The average Bonchev–Trinajstić information content (AvgIpc) is 2.13. The van der Waals surface area contributed by atoms with Crippen LogP contribution in [0.5, 0.6) is 0 Å². The third kappa shape index (κ3) is 3.36. The number of aromatic nitrogens is 2. The average molecular weight is 233 g/mol. The van der Waals surface area contributed by atoms with Crippen LogP contribution in [-0.4, -0.2) is 16.1 Å². The summed E-state index contributed by atoms with van der Waals surface area (Å²) in [7, 11) is 0. The quantitative estimate of drug-likeness (QED) is 0.872. The van der Waals surface area contributed by atoms with Gasteiger partial charge in [0, 0.05) is 17.7 Å². The van der Waals surface area contributed by atoms with Crippen LogP contribution in [0.4, 0.5) is 19.0 Å². The van der Waals surface area contributed by atoms with Gasteiger partial charge in [-0.25, -0.2) is 9.97 Å². The summed E-state index contributed by atoms with van der Waals surface area (Å²) in [6.45, 7) is 3.63. The molecule has 0 unspecified atom stereocenters. The van der Waals surface area contributed by atoms with Crippen molar-refractivity contribution in [2.24, 2.45) is 0 Å². The zero-order chi connectivity index (χ0) is 12.3. The highest BCUT2D eigenvalue weighted by atomic mass is 19.4. The molecule has 0 spiro atoms. The van der Waals surface area contributed by atoms with Gasteiger partial charge in [0.1, 0.15) is 11.6 Å². The van der Waals surface area contributed by atoms with Gasteiger partial charge in [0.05, 0.1) is 6.42 Å². The number of hydrogen-bond donors (Lipinski definition) is 1. The summed E-state index contributed by atoms with van der Waals surface area (Å²) in [5, 5.41) is 0. The lowest BCUT2D eigenvalue weighted by Gasteiger charge is -2.09. The Morgan fingerprint density at radius 1 is 1.25 bits per heavy atom. The molecule has 0 fully saturated rings. The molecule has 6 heteroatoms. The second-order valence-electron chi connectivity index (χ2n) is 3.56. The number of rotatable bonds is 3. The van der Waals surface area contributed by atoms with Crippen molar-refractivity contribution in [1.82, 2.24) is 9.97 Å². The Kier molecular flexibility index (Phi) is 3.72. The first-order chi connectivity index (χ1) is 7.33. The summed E-state index contributed by atoms with van der Waals surface area (Å²) >= 11 is 0. The standard InChI is InChI=1S/C10H14F3N3/c1-3-7-6(2)15-8(16-9(7)14)4-5-10(11,12)13/h3-5H2,1-2H3,(H2,14,15,16). The van der Waals surface area contributed by atoms with Crippen molar-refractivity contribution >= 4 is 5.82 Å². The van der Waals surface area contributed by atoms with Gasteiger partial charge in [-0.2, -0.15) is 13.2 Å². The number of nitrogens with zero attached hydrogens (tertiary/aromatic N) is 2. The summed E-state index contributed by atoms with van der Waals surface area (Å²) < 4.78 is 36.0. The van der Waals surface area contributed by atoms with Crippen molar-refractivity contribution in [3.63, 3.8) is 0 Å². The minimum Gasteiger partial charge on any atom is -0.383 e. The molecule has 0 atom stereocenters. The van der Waals surface area contributed by atoms with Gasteiger partial charge in [-0.3, -0.25) is 0 Å². The van der Waals surface area contributed by atoms with Gasteiger partial charge >= 0.3 is 6.18 Å². The SMILES string of the molecule is CCc1c(C)nc(CCC(F)(F)F)nc1N. The zero-order valence-corrected chi connectivity index (χ0v) is 9.23. The Hall–Kier alpha value is -1.33.